The number of aromatic amines is 1. The van der Waals surface area contributed by atoms with Crippen molar-refractivity contribution < 1.29 is 14.5 Å². The van der Waals surface area contributed by atoms with Crippen LogP contribution < -0.4 is 15.2 Å². The third kappa shape index (κ3) is 3.23. The lowest BCUT2D eigenvalue weighted by Gasteiger charge is -2.33. The molecule has 2 aliphatic rings. The second kappa shape index (κ2) is 7.16. The molecule has 0 atom stereocenters. The molecule has 29 heavy (non-hydrogen) atoms. The van der Waals surface area contributed by atoms with Gasteiger partial charge in [0, 0.05) is 13.0 Å². The van der Waals surface area contributed by atoms with Gasteiger partial charge >= 0.3 is 0 Å². The average molecular weight is 414 g/mol. The van der Waals surface area contributed by atoms with E-state index in [1.807, 2.05) is 6.08 Å². The summed E-state index contributed by atoms with van der Waals surface area (Å²) in [7, 11) is 0. The Hall–Kier alpha value is -2.36. The smallest absolute Gasteiger partial charge is 0.281 e. The molecule has 2 aliphatic heterocycles. The largest absolute Gasteiger partial charge is 0.373 e. The zero-order chi connectivity index (χ0) is 20.0. The molecular weight excluding hydrogens is 388 g/mol. The number of thiophene rings is 1. The molecule has 0 saturated carbocycles. The number of morpholine rings is 1. The van der Waals surface area contributed by atoms with Crippen LogP contribution in [0.2, 0.25) is 0 Å². The SMILES string of the molecule is C=CCNc1nnnc2c1sc1[nH+]c(N3CCOCC3)c3c(c12)CC(C)(C)OC3. The summed E-state index contributed by atoms with van der Waals surface area (Å²) in [5, 5.41) is 17.1. The van der Waals surface area contributed by atoms with Crippen LogP contribution in [0.15, 0.2) is 12.7 Å². The van der Waals surface area contributed by atoms with E-state index >= 15 is 0 Å². The quantitative estimate of drug-likeness (QED) is 0.657. The summed E-state index contributed by atoms with van der Waals surface area (Å²) in [6, 6.07) is 0. The molecule has 0 unspecified atom stereocenters. The zero-order valence-corrected chi connectivity index (χ0v) is 17.6. The highest BCUT2D eigenvalue weighted by atomic mass is 32.1. The first kappa shape index (κ1) is 18.7. The molecule has 0 aliphatic carbocycles. The van der Waals surface area contributed by atoms with Crippen LogP contribution >= 0.6 is 11.3 Å². The van der Waals surface area contributed by atoms with Gasteiger partial charge in [0.05, 0.1) is 36.4 Å². The molecule has 8 nitrogen and oxygen atoms in total. The topological polar surface area (TPSA) is 86.5 Å². The van der Waals surface area contributed by atoms with Crippen LogP contribution in [0.3, 0.4) is 0 Å². The number of fused-ring (bicyclic) bond motifs is 5. The molecule has 0 bridgehead atoms. The summed E-state index contributed by atoms with van der Waals surface area (Å²) < 4.78 is 12.8. The van der Waals surface area contributed by atoms with E-state index < -0.39 is 0 Å². The second-order valence-electron chi connectivity index (χ2n) is 8.05. The Morgan fingerprint density at radius 2 is 2.10 bits per heavy atom. The van der Waals surface area contributed by atoms with Gasteiger partial charge in [-0.25, -0.2) is 4.98 Å². The van der Waals surface area contributed by atoms with Gasteiger partial charge in [0.25, 0.3) is 5.82 Å². The normalized spacial score (nSPS) is 18.8. The van der Waals surface area contributed by atoms with Crippen LogP contribution in [0, 0.1) is 0 Å². The second-order valence-corrected chi connectivity index (χ2v) is 9.07. The fourth-order valence-corrected chi connectivity index (χ4v) is 5.24. The van der Waals surface area contributed by atoms with Gasteiger partial charge in [-0.1, -0.05) is 17.4 Å². The van der Waals surface area contributed by atoms with Gasteiger partial charge in [-0.15, -0.1) is 16.8 Å². The van der Waals surface area contributed by atoms with Gasteiger partial charge in [0.1, 0.15) is 23.3 Å². The molecular formula is C20H25N6O2S+. The minimum Gasteiger partial charge on any atom is -0.373 e. The molecule has 1 saturated heterocycles. The molecule has 0 radical (unpaired) electrons. The molecule has 3 aromatic heterocycles. The molecule has 5 rings (SSSR count). The lowest BCUT2D eigenvalue weighted by atomic mass is 9.90. The van der Waals surface area contributed by atoms with Crippen molar-refractivity contribution in [2.24, 2.45) is 0 Å². The highest BCUT2D eigenvalue weighted by Gasteiger charge is 2.36. The Morgan fingerprint density at radius 3 is 2.90 bits per heavy atom. The Bertz CT molecular complexity index is 1090. The molecule has 152 valence electrons. The monoisotopic (exact) mass is 413 g/mol. The first-order valence-corrected chi connectivity index (χ1v) is 10.7. The van der Waals surface area contributed by atoms with E-state index in [9.17, 15) is 0 Å². The van der Waals surface area contributed by atoms with Crippen molar-refractivity contribution in [3.05, 3.63) is 23.8 Å². The fraction of sp³-hybridized carbons (Fsp3) is 0.500. The van der Waals surface area contributed by atoms with Crippen molar-refractivity contribution in [3.8, 4) is 0 Å². The molecule has 9 heteroatoms. The van der Waals surface area contributed by atoms with Crippen molar-refractivity contribution in [3.63, 3.8) is 0 Å². The number of aromatic nitrogens is 4. The Morgan fingerprint density at radius 1 is 1.28 bits per heavy atom. The van der Waals surface area contributed by atoms with Crippen LogP contribution in [0.25, 0.3) is 20.4 Å². The van der Waals surface area contributed by atoms with Crippen LogP contribution in [0.1, 0.15) is 25.0 Å². The van der Waals surface area contributed by atoms with Gasteiger partial charge in [0.15, 0.2) is 10.6 Å². The number of anilines is 2. The maximum Gasteiger partial charge on any atom is 0.281 e. The number of nitrogens with zero attached hydrogens (tertiary/aromatic N) is 4. The first-order chi connectivity index (χ1) is 14.1. The Kier molecular flexibility index (Phi) is 4.60. The fourth-order valence-electron chi connectivity index (χ4n) is 4.12. The number of hydrogen-bond acceptors (Lipinski definition) is 8. The predicted molar refractivity (Wildman–Crippen MR) is 114 cm³/mol. The minimum absolute atomic E-state index is 0.220. The standard InChI is InChI=1S/C20H24N6O2S/c1-4-5-21-17-16-15(23-25-24-17)14-12-10-20(2,3)28-11-13(12)18(22-19(14)29-16)26-6-8-27-9-7-26/h4H,1,5-11H2,2-3H3,(H,21,23,24)/p+1. The maximum atomic E-state index is 6.19. The molecule has 0 spiro atoms. The summed E-state index contributed by atoms with van der Waals surface area (Å²) in [6.45, 7) is 12.5. The number of pyridine rings is 1. The number of nitrogens with one attached hydrogen (secondary N) is 2. The van der Waals surface area contributed by atoms with E-state index in [2.05, 4.69) is 51.0 Å². The number of H-pyrrole nitrogens is 1. The van der Waals surface area contributed by atoms with Gasteiger partial charge in [-0.2, -0.15) is 0 Å². The van der Waals surface area contributed by atoms with E-state index in [1.54, 1.807) is 11.3 Å². The van der Waals surface area contributed by atoms with Crippen molar-refractivity contribution in [1.29, 1.82) is 0 Å². The zero-order valence-electron chi connectivity index (χ0n) is 16.7. The van der Waals surface area contributed by atoms with Crippen LogP contribution in [0.5, 0.6) is 0 Å². The van der Waals surface area contributed by atoms with Crippen molar-refractivity contribution in [2.45, 2.75) is 32.5 Å². The highest BCUT2D eigenvalue weighted by molar-refractivity contribution is 7.25. The summed E-state index contributed by atoms with van der Waals surface area (Å²) in [6.07, 6.45) is 2.64. The molecule has 5 heterocycles. The van der Waals surface area contributed by atoms with Gasteiger partial charge in [-0.3, -0.25) is 4.90 Å². The van der Waals surface area contributed by atoms with Crippen LogP contribution in [0.4, 0.5) is 11.6 Å². The molecule has 3 aromatic rings. The lowest BCUT2D eigenvalue weighted by molar-refractivity contribution is -0.329. The number of rotatable bonds is 4. The third-order valence-corrected chi connectivity index (χ3v) is 6.62. The van der Waals surface area contributed by atoms with Crippen LogP contribution in [-0.2, 0) is 22.5 Å². The van der Waals surface area contributed by atoms with Gasteiger partial charge < -0.3 is 14.8 Å². The van der Waals surface area contributed by atoms with E-state index in [0.717, 1.165) is 64.8 Å². The molecule has 0 aromatic carbocycles. The van der Waals surface area contributed by atoms with E-state index in [1.165, 1.54) is 11.1 Å². The molecule has 1 fully saturated rings. The van der Waals surface area contributed by atoms with Crippen molar-refractivity contribution >= 4 is 43.4 Å². The van der Waals surface area contributed by atoms with Crippen molar-refractivity contribution in [2.75, 3.05) is 43.1 Å². The summed E-state index contributed by atoms with van der Waals surface area (Å²) in [4.78, 5) is 7.16. The number of ether oxygens (including phenoxy) is 2. The molecule has 0 amide bonds. The first-order valence-electron chi connectivity index (χ1n) is 9.91. The summed E-state index contributed by atoms with van der Waals surface area (Å²) in [5.74, 6) is 1.89. The highest BCUT2D eigenvalue weighted by Crippen LogP contribution is 2.42. The molecule has 2 N–H and O–H groups in total. The lowest BCUT2D eigenvalue weighted by Crippen LogP contribution is -2.42. The van der Waals surface area contributed by atoms with Gasteiger partial charge in [-0.05, 0) is 24.6 Å². The summed E-state index contributed by atoms with van der Waals surface area (Å²) in [5.41, 5.74) is 3.20. The predicted octanol–water partition coefficient (Wildman–Crippen LogP) is 2.34. The Labute approximate surface area is 172 Å². The minimum atomic E-state index is -0.220. The summed E-state index contributed by atoms with van der Waals surface area (Å²) >= 11 is 1.67. The van der Waals surface area contributed by atoms with E-state index in [0.29, 0.717) is 13.2 Å². The van der Waals surface area contributed by atoms with Gasteiger partial charge in [0.2, 0.25) is 0 Å². The number of hydrogen-bond donors (Lipinski definition) is 1. The van der Waals surface area contributed by atoms with Crippen molar-refractivity contribution in [1.82, 2.24) is 15.4 Å². The average Bonchev–Trinajstić information content (AvgIpc) is 3.11. The Balaban J connectivity index is 1.76. The van der Waals surface area contributed by atoms with Crippen LogP contribution in [-0.4, -0.2) is 53.9 Å². The van der Waals surface area contributed by atoms with E-state index in [4.69, 9.17) is 9.47 Å². The van der Waals surface area contributed by atoms with E-state index in [-0.39, 0.29) is 5.60 Å². The maximum absolute atomic E-state index is 6.19. The third-order valence-electron chi connectivity index (χ3n) is 5.52.